The van der Waals surface area contributed by atoms with Crippen LogP contribution in [-0.4, -0.2) is 24.2 Å². The van der Waals surface area contributed by atoms with E-state index >= 15 is 0 Å². The lowest BCUT2D eigenvalue weighted by molar-refractivity contribution is 0.606. The number of halogens is 1. The Morgan fingerprint density at radius 1 is 0.966 bits per heavy atom. The summed E-state index contributed by atoms with van der Waals surface area (Å²) < 4.78 is 40.7. The Bertz CT molecular complexity index is 1370. The molecule has 0 fully saturated rings. The third-order valence-corrected chi connectivity index (χ3v) is 5.01. The summed E-state index contributed by atoms with van der Waals surface area (Å²) in [6, 6.07) is 14.7. The fourth-order valence-corrected chi connectivity index (χ4v) is 3.68. The SMILES string of the molecule is CS(=O)(=O)Nc1cn(-c2ccc(F)cc2)c2cc(-c3ccncc3)ccc2c1=O. The Labute approximate surface area is 166 Å². The minimum Gasteiger partial charge on any atom is -0.314 e. The van der Waals surface area contributed by atoms with Gasteiger partial charge in [-0.25, -0.2) is 12.8 Å². The first-order chi connectivity index (χ1) is 13.8. The van der Waals surface area contributed by atoms with E-state index in [1.807, 2.05) is 18.2 Å². The Balaban J connectivity index is 2.03. The lowest BCUT2D eigenvalue weighted by Crippen LogP contribution is -2.19. The average molecular weight is 409 g/mol. The second kappa shape index (κ2) is 7.14. The lowest BCUT2D eigenvalue weighted by atomic mass is 10.0. The molecule has 146 valence electrons. The van der Waals surface area contributed by atoms with E-state index in [-0.39, 0.29) is 5.69 Å². The molecule has 2 aromatic carbocycles. The van der Waals surface area contributed by atoms with Gasteiger partial charge in [0.25, 0.3) is 0 Å². The normalized spacial score (nSPS) is 11.5. The van der Waals surface area contributed by atoms with Gasteiger partial charge in [0.05, 0.1) is 11.8 Å². The van der Waals surface area contributed by atoms with Crippen molar-refractivity contribution in [2.45, 2.75) is 0 Å². The van der Waals surface area contributed by atoms with E-state index in [1.54, 1.807) is 41.2 Å². The molecule has 8 heteroatoms. The molecule has 0 aliphatic heterocycles. The van der Waals surface area contributed by atoms with Crippen LogP contribution < -0.4 is 10.2 Å². The molecule has 0 saturated heterocycles. The molecule has 0 amide bonds. The number of benzene rings is 2. The molecule has 0 spiro atoms. The molecule has 6 nitrogen and oxygen atoms in total. The molecule has 0 aliphatic carbocycles. The number of anilines is 1. The Kier molecular flexibility index (Phi) is 4.63. The van der Waals surface area contributed by atoms with Crippen LogP contribution in [0.15, 0.2) is 78.0 Å². The maximum atomic E-state index is 13.4. The number of sulfonamides is 1. The molecule has 2 heterocycles. The molecule has 0 aliphatic rings. The second-order valence-electron chi connectivity index (χ2n) is 6.56. The second-order valence-corrected chi connectivity index (χ2v) is 8.31. The van der Waals surface area contributed by atoms with Crippen LogP contribution in [0.5, 0.6) is 0 Å². The van der Waals surface area contributed by atoms with Gasteiger partial charge in [-0.05, 0) is 59.7 Å². The first kappa shape index (κ1) is 18.8. The van der Waals surface area contributed by atoms with Gasteiger partial charge >= 0.3 is 0 Å². The van der Waals surface area contributed by atoms with Crippen LogP contribution in [0.4, 0.5) is 10.1 Å². The van der Waals surface area contributed by atoms with Gasteiger partial charge < -0.3 is 4.57 Å². The van der Waals surface area contributed by atoms with Gasteiger partial charge in [-0.2, -0.15) is 0 Å². The first-order valence-corrected chi connectivity index (χ1v) is 10.5. The standard InChI is InChI=1S/C21H16FN3O3S/c1-29(27,28)24-19-13-25(17-5-3-16(22)4-6-17)20-12-15(2-7-18(20)21(19)26)14-8-10-23-11-9-14/h2-13,24H,1H3. The fourth-order valence-electron chi connectivity index (χ4n) is 3.14. The summed E-state index contributed by atoms with van der Waals surface area (Å²) in [6.07, 6.45) is 5.73. The van der Waals surface area contributed by atoms with E-state index in [9.17, 15) is 17.6 Å². The Hall–Kier alpha value is -3.52. The smallest absolute Gasteiger partial charge is 0.229 e. The van der Waals surface area contributed by atoms with Crippen molar-refractivity contribution in [3.8, 4) is 16.8 Å². The molecule has 2 aromatic heterocycles. The molecule has 1 N–H and O–H groups in total. The van der Waals surface area contributed by atoms with Gasteiger partial charge in [0.2, 0.25) is 15.5 Å². The number of rotatable bonds is 4. The van der Waals surface area contributed by atoms with Crippen LogP contribution in [0.25, 0.3) is 27.7 Å². The zero-order chi connectivity index (χ0) is 20.6. The summed E-state index contributed by atoms with van der Waals surface area (Å²) in [7, 11) is -3.66. The summed E-state index contributed by atoms with van der Waals surface area (Å²) in [4.78, 5) is 16.9. The Morgan fingerprint density at radius 3 is 2.31 bits per heavy atom. The summed E-state index contributed by atoms with van der Waals surface area (Å²) in [5.41, 5.74) is 2.40. The summed E-state index contributed by atoms with van der Waals surface area (Å²) in [5.74, 6) is -0.397. The highest BCUT2D eigenvalue weighted by Gasteiger charge is 2.14. The fraction of sp³-hybridized carbons (Fsp3) is 0.0476. The molecule has 0 unspecified atom stereocenters. The van der Waals surface area contributed by atoms with Crippen LogP contribution >= 0.6 is 0 Å². The summed E-state index contributed by atoms with van der Waals surface area (Å²) in [6.45, 7) is 0. The topological polar surface area (TPSA) is 81.1 Å². The Morgan fingerprint density at radius 2 is 1.66 bits per heavy atom. The first-order valence-electron chi connectivity index (χ1n) is 8.65. The van der Waals surface area contributed by atoms with Gasteiger partial charge in [0.15, 0.2) is 0 Å². The van der Waals surface area contributed by atoms with E-state index in [0.717, 1.165) is 17.4 Å². The third-order valence-electron chi connectivity index (χ3n) is 4.42. The molecule has 0 saturated carbocycles. The minimum atomic E-state index is -3.66. The quantitative estimate of drug-likeness (QED) is 0.559. The van der Waals surface area contributed by atoms with Gasteiger partial charge in [0, 0.05) is 29.7 Å². The number of aromatic nitrogens is 2. The van der Waals surface area contributed by atoms with Crippen LogP contribution in [-0.2, 0) is 10.0 Å². The highest BCUT2D eigenvalue weighted by Crippen LogP contribution is 2.26. The predicted molar refractivity (Wildman–Crippen MR) is 111 cm³/mol. The molecule has 4 aromatic rings. The molecule has 29 heavy (non-hydrogen) atoms. The van der Waals surface area contributed by atoms with Gasteiger partial charge in [0.1, 0.15) is 11.5 Å². The van der Waals surface area contributed by atoms with Crippen molar-refractivity contribution in [1.29, 1.82) is 0 Å². The van der Waals surface area contributed by atoms with Crippen LogP contribution in [0, 0.1) is 5.82 Å². The highest BCUT2D eigenvalue weighted by molar-refractivity contribution is 7.92. The maximum absolute atomic E-state index is 13.4. The summed E-state index contributed by atoms with van der Waals surface area (Å²) in [5, 5.41) is 0.334. The third kappa shape index (κ3) is 3.88. The molecule has 0 atom stereocenters. The summed E-state index contributed by atoms with van der Waals surface area (Å²) >= 11 is 0. The van der Waals surface area contributed by atoms with E-state index in [4.69, 9.17) is 0 Å². The van der Waals surface area contributed by atoms with Gasteiger partial charge in [-0.1, -0.05) is 6.07 Å². The van der Waals surface area contributed by atoms with E-state index < -0.39 is 21.3 Å². The molecular weight excluding hydrogens is 393 g/mol. The number of hydrogen-bond acceptors (Lipinski definition) is 4. The van der Waals surface area contributed by atoms with Crippen molar-refractivity contribution in [1.82, 2.24) is 9.55 Å². The van der Waals surface area contributed by atoms with Crippen molar-refractivity contribution < 1.29 is 12.8 Å². The van der Waals surface area contributed by atoms with Crippen molar-refractivity contribution in [3.05, 3.63) is 89.2 Å². The van der Waals surface area contributed by atoms with Crippen molar-refractivity contribution in [3.63, 3.8) is 0 Å². The molecule has 4 rings (SSSR count). The van der Waals surface area contributed by atoms with Gasteiger partial charge in [-0.15, -0.1) is 0 Å². The number of nitrogens with one attached hydrogen (secondary N) is 1. The highest BCUT2D eigenvalue weighted by atomic mass is 32.2. The number of hydrogen-bond donors (Lipinski definition) is 1. The van der Waals surface area contributed by atoms with Crippen LogP contribution in [0.2, 0.25) is 0 Å². The predicted octanol–water partition coefficient (Wildman–Crippen LogP) is 3.56. The zero-order valence-electron chi connectivity index (χ0n) is 15.3. The molecule has 0 bridgehead atoms. The van der Waals surface area contributed by atoms with Crippen molar-refractivity contribution >= 4 is 26.6 Å². The van der Waals surface area contributed by atoms with Crippen molar-refractivity contribution in [2.24, 2.45) is 0 Å². The monoisotopic (exact) mass is 409 g/mol. The number of nitrogens with zero attached hydrogens (tertiary/aromatic N) is 2. The van der Waals surface area contributed by atoms with Crippen LogP contribution in [0.1, 0.15) is 0 Å². The minimum absolute atomic E-state index is 0.0824. The number of fused-ring (bicyclic) bond motifs is 1. The number of pyridine rings is 2. The van der Waals surface area contributed by atoms with Crippen LogP contribution in [0.3, 0.4) is 0 Å². The van der Waals surface area contributed by atoms with E-state index in [0.29, 0.717) is 16.6 Å². The largest absolute Gasteiger partial charge is 0.314 e. The molecular formula is C21H16FN3O3S. The van der Waals surface area contributed by atoms with E-state index in [1.165, 1.54) is 18.3 Å². The molecule has 0 radical (unpaired) electrons. The van der Waals surface area contributed by atoms with Crippen molar-refractivity contribution in [2.75, 3.05) is 11.0 Å². The average Bonchev–Trinajstić information content (AvgIpc) is 2.70. The zero-order valence-corrected chi connectivity index (χ0v) is 16.2. The maximum Gasteiger partial charge on any atom is 0.229 e. The lowest BCUT2D eigenvalue weighted by Gasteiger charge is -2.15. The van der Waals surface area contributed by atoms with Gasteiger partial charge in [-0.3, -0.25) is 14.5 Å². The van der Waals surface area contributed by atoms with E-state index in [2.05, 4.69) is 9.71 Å².